The Hall–Kier alpha value is -1.67. The fourth-order valence-electron chi connectivity index (χ4n) is 1.39. The van der Waals surface area contributed by atoms with Crippen LogP contribution in [0.25, 0.3) is 0 Å². The molecule has 1 N–H and O–H groups in total. The first-order valence-corrected chi connectivity index (χ1v) is 6.78. The van der Waals surface area contributed by atoms with E-state index in [1.54, 1.807) is 25.5 Å². The fourth-order valence-corrected chi connectivity index (χ4v) is 2.43. The van der Waals surface area contributed by atoms with Crippen LogP contribution >= 0.6 is 0 Å². The van der Waals surface area contributed by atoms with Gasteiger partial charge in [-0.15, -0.1) is 0 Å². The van der Waals surface area contributed by atoms with Crippen molar-refractivity contribution < 1.29 is 12.9 Å². The van der Waals surface area contributed by atoms with Gasteiger partial charge in [0.05, 0.1) is 6.20 Å². The van der Waals surface area contributed by atoms with E-state index in [0.29, 0.717) is 17.1 Å². The second-order valence-corrected chi connectivity index (χ2v) is 5.68. The third-order valence-corrected chi connectivity index (χ3v) is 3.94. The topological polar surface area (TPSA) is 90.0 Å². The molecule has 2 aromatic rings. The summed E-state index contributed by atoms with van der Waals surface area (Å²) in [5.74, 6) is 1.23. The molecule has 0 aliphatic rings. The summed E-state index contributed by atoms with van der Waals surface area (Å²) < 4.78 is 32.9. The van der Waals surface area contributed by atoms with E-state index in [0.717, 1.165) is 0 Å². The molecule has 2 heterocycles. The van der Waals surface area contributed by atoms with Crippen molar-refractivity contribution in [3.05, 3.63) is 29.5 Å². The summed E-state index contributed by atoms with van der Waals surface area (Å²) >= 11 is 0. The molecule has 0 radical (unpaired) electrons. The maximum atomic E-state index is 12.0. The van der Waals surface area contributed by atoms with Gasteiger partial charge in [-0.25, -0.2) is 18.1 Å². The summed E-state index contributed by atoms with van der Waals surface area (Å²) in [5.41, 5.74) is 0.700. The number of sulfonamides is 1. The third kappa shape index (κ3) is 2.44. The molecule has 0 saturated heterocycles. The molecule has 2 aromatic heterocycles. The molecule has 0 spiro atoms. The zero-order valence-corrected chi connectivity index (χ0v) is 11.2. The number of hydrogen-bond acceptors (Lipinski definition) is 5. The second kappa shape index (κ2) is 4.54. The highest BCUT2D eigenvalue weighted by Gasteiger charge is 2.18. The maximum absolute atomic E-state index is 12.0. The Balaban J connectivity index is 2.15. The minimum absolute atomic E-state index is 0.0107. The molecule has 0 amide bonds. The molecule has 98 valence electrons. The van der Waals surface area contributed by atoms with Gasteiger partial charge in [-0.1, -0.05) is 5.16 Å². The smallest absolute Gasteiger partial charge is 0.259 e. The monoisotopic (exact) mass is 270 g/mol. The molecule has 0 atom stereocenters. The largest absolute Gasteiger partial charge is 0.361 e. The normalized spacial score (nSPS) is 11.9. The van der Waals surface area contributed by atoms with Crippen LogP contribution in [-0.4, -0.2) is 23.1 Å². The zero-order chi connectivity index (χ0) is 13.3. The number of rotatable bonds is 4. The van der Waals surface area contributed by atoms with Crippen LogP contribution in [0, 0.1) is 13.8 Å². The van der Waals surface area contributed by atoms with Crippen molar-refractivity contribution in [1.29, 1.82) is 0 Å². The minimum Gasteiger partial charge on any atom is -0.361 e. The highest BCUT2D eigenvalue weighted by atomic mass is 32.2. The summed E-state index contributed by atoms with van der Waals surface area (Å²) in [6.45, 7) is 3.60. The Morgan fingerprint density at radius 1 is 1.44 bits per heavy atom. The lowest BCUT2D eigenvalue weighted by atomic mass is 10.3. The molecule has 0 bridgehead atoms. The average Bonchev–Trinajstić information content (AvgIpc) is 2.84. The zero-order valence-electron chi connectivity index (χ0n) is 10.3. The van der Waals surface area contributed by atoms with Crippen molar-refractivity contribution in [1.82, 2.24) is 19.4 Å². The van der Waals surface area contributed by atoms with Gasteiger partial charge in [-0.2, -0.15) is 0 Å². The van der Waals surface area contributed by atoms with Crippen molar-refractivity contribution >= 4 is 10.0 Å². The molecule has 0 aromatic carbocycles. The molecule has 0 unspecified atom stereocenters. The summed E-state index contributed by atoms with van der Waals surface area (Å²) in [4.78, 5) is 3.98. The van der Waals surface area contributed by atoms with Crippen LogP contribution in [0.1, 0.15) is 17.1 Å². The first kappa shape index (κ1) is 12.8. The van der Waals surface area contributed by atoms with Crippen LogP contribution in [-0.2, 0) is 23.6 Å². The van der Waals surface area contributed by atoms with Crippen LogP contribution in [0.5, 0.6) is 0 Å². The van der Waals surface area contributed by atoms with Gasteiger partial charge < -0.3 is 9.09 Å². The summed E-state index contributed by atoms with van der Waals surface area (Å²) in [6.07, 6.45) is 2.96. The van der Waals surface area contributed by atoms with Crippen LogP contribution < -0.4 is 4.72 Å². The van der Waals surface area contributed by atoms with Gasteiger partial charge >= 0.3 is 0 Å². The van der Waals surface area contributed by atoms with Gasteiger partial charge in [0.25, 0.3) is 10.0 Å². The van der Waals surface area contributed by atoms with Crippen molar-refractivity contribution in [2.24, 2.45) is 7.05 Å². The molecule has 18 heavy (non-hydrogen) atoms. The number of aromatic nitrogens is 3. The molecule has 0 saturated carbocycles. The quantitative estimate of drug-likeness (QED) is 0.874. The molecular formula is C10H14N4O3S. The predicted molar refractivity (Wildman–Crippen MR) is 63.2 cm³/mol. The maximum Gasteiger partial charge on any atom is 0.259 e. The van der Waals surface area contributed by atoms with E-state index in [1.807, 2.05) is 0 Å². The Morgan fingerprint density at radius 3 is 2.67 bits per heavy atom. The Morgan fingerprint density at radius 2 is 2.17 bits per heavy atom. The van der Waals surface area contributed by atoms with Crippen LogP contribution in [0.2, 0.25) is 0 Å². The van der Waals surface area contributed by atoms with E-state index in [1.165, 1.54) is 12.4 Å². The Kier molecular flexibility index (Phi) is 3.22. The standard InChI is InChI=1S/C10H14N4O3S/c1-7-9(4-11-17-7)5-12-18(15,16)10-6-14(3)8(2)13-10/h4,6,12H,5H2,1-3H3. The fraction of sp³-hybridized carbons (Fsp3) is 0.400. The van der Waals surface area contributed by atoms with E-state index in [9.17, 15) is 8.42 Å². The third-order valence-electron chi connectivity index (χ3n) is 2.66. The van der Waals surface area contributed by atoms with Crippen LogP contribution in [0.4, 0.5) is 0 Å². The van der Waals surface area contributed by atoms with Crippen molar-refractivity contribution in [3.8, 4) is 0 Å². The lowest BCUT2D eigenvalue weighted by Crippen LogP contribution is -2.23. The highest BCUT2D eigenvalue weighted by Crippen LogP contribution is 2.10. The number of nitrogens with one attached hydrogen (secondary N) is 1. The lowest BCUT2D eigenvalue weighted by molar-refractivity contribution is 0.396. The van der Waals surface area contributed by atoms with Crippen molar-refractivity contribution in [2.75, 3.05) is 0 Å². The van der Waals surface area contributed by atoms with Gasteiger partial charge in [0, 0.05) is 25.4 Å². The lowest BCUT2D eigenvalue weighted by Gasteiger charge is -2.02. The van der Waals surface area contributed by atoms with E-state index < -0.39 is 10.0 Å². The molecule has 2 rings (SSSR count). The van der Waals surface area contributed by atoms with Crippen molar-refractivity contribution in [2.45, 2.75) is 25.4 Å². The SMILES string of the molecule is Cc1oncc1CNS(=O)(=O)c1cn(C)c(C)n1. The number of nitrogens with zero attached hydrogens (tertiary/aromatic N) is 3. The van der Waals surface area contributed by atoms with E-state index >= 15 is 0 Å². The van der Waals surface area contributed by atoms with E-state index in [-0.39, 0.29) is 11.6 Å². The average molecular weight is 270 g/mol. The molecule has 8 heteroatoms. The van der Waals surface area contributed by atoms with Crippen LogP contribution in [0.3, 0.4) is 0 Å². The van der Waals surface area contributed by atoms with Gasteiger partial charge in [-0.3, -0.25) is 0 Å². The predicted octanol–water partition coefficient (Wildman–Crippen LogP) is 0.503. The molecule has 0 aliphatic heterocycles. The number of hydrogen-bond donors (Lipinski definition) is 1. The number of aryl methyl sites for hydroxylation is 3. The summed E-state index contributed by atoms with van der Waals surface area (Å²) in [6, 6.07) is 0. The van der Waals surface area contributed by atoms with E-state index in [2.05, 4.69) is 14.9 Å². The molecule has 0 aliphatic carbocycles. The highest BCUT2D eigenvalue weighted by molar-refractivity contribution is 7.89. The minimum atomic E-state index is -3.61. The second-order valence-electron chi connectivity index (χ2n) is 3.97. The summed E-state index contributed by atoms with van der Waals surface area (Å²) in [5, 5.41) is 3.59. The van der Waals surface area contributed by atoms with Crippen molar-refractivity contribution in [3.63, 3.8) is 0 Å². The molecule has 0 fully saturated rings. The van der Waals surface area contributed by atoms with Gasteiger partial charge in [0.1, 0.15) is 11.6 Å². The van der Waals surface area contributed by atoms with E-state index in [4.69, 9.17) is 4.52 Å². The van der Waals surface area contributed by atoms with Gasteiger partial charge in [-0.05, 0) is 13.8 Å². The first-order valence-electron chi connectivity index (χ1n) is 5.30. The van der Waals surface area contributed by atoms with Crippen LogP contribution in [0.15, 0.2) is 21.9 Å². The van der Waals surface area contributed by atoms with Gasteiger partial charge in [0.2, 0.25) is 0 Å². The molecular weight excluding hydrogens is 256 g/mol. The number of imidazole rings is 1. The first-order chi connectivity index (χ1) is 8.40. The Labute approximate surface area is 105 Å². The summed E-state index contributed by atoms with van der Waals surface area (Å²) in [7, 11) is -1.86. The Bertz CT molecular complexity index is 637. The van der Waals surface area contributed by atoms with Gasteiger partial charge in [0.15, 0.2) is 5.03 Å². The molecule has 7 nitrogen and oxygen atoms in total.